The van der Waals surface area contributed by atoms with E-state index in [1.165, 1.54) is 0 Å². The number of nitrogens with two attached hydrogens (primary N) is 1. The molecule has 2 N–H and O–H groups in total. The summed E-state index contributed by atoms with van der Waals surface area (Å²) in [7, 11) is 1.85. The Morgan fingerprint density at radius 2 is 2.40 bits per heavy atom. The van der Waals surface area contributed by atoms with Crippen LogP contribution in [0.2, 0.25) is 0 Å². The standard InChI is InChI=1S/C10H18N4O/c1-3-14(6-4-5-11)10(15)9-7-13(2)8-12-9/h7-8H,3-6,11H2,1-2H3. The summed E-state index contributed by atoms with van der Waals surface area (Å²) < 4.78 is 1.77. The molecule has 1 rings (SSSR count). The molecule has 1 aromatic rings. The van der Waals surface area contributed by atoms with Gasteiger partial charge >= 0.3 is 0 Å². The summed E-state index contributed by atoms with van der Waals surface area (Å²) in [6.45, 7) is 3.95. The molecule has 0 spiro atoms. The highest BCUT2D eigenvalue weighted by Crippen LogP contribution is 2.02. The Bertz CT molecular complexity index is 321. The number of imidazole rings is 1. The van der Waals surface area contributed by atoms with Crippen LogP contribution in [0.25, 0.3) is 0 Å². The van der Waals surface area contributed by atoms with E-state index in [0.29, 0.717) is 25.3 Å². The van der Waals surface area contributed by atoms with Crippen LogP contribution in [-0.2, 0) is 7.05 Å². The van der Waals surface area contributed by atoms with Gasteiger partial charge in [0.1, 0.15) is 5.69 Å². The van der Waals surface area contributed by atoms with Crippen molar-refractivity contribution in [2.24, 2.45) is 12.8 Å². The number of hydrogen-bond donors (Lipinski definition) is 1. The first kappa shape index (κ1) is 11.7. The molecule has 84 valence electrons. The fourth-order valence-electron chi connectivity index (χ4n) is 1.37. The largest absolute Gasteiger partial charge is 0.340 e. The van der Waals surface area contributed by atoms with Gasteiger partial charge in [0, 0.05) is 26.3 Å². The summed E-state index contributed by atoms with van der Waals surface area (Å²) in [4.78, 5) is 17.7. The molecule has 5 heteroatoms. The van der Waals surface area contributed by atoms with Crippen molar-refractivity contribution in [3.05, 3.63) is 18.2 Å². The molecule has 0 bridgehead atoms. The molecule has 1 heterocycles. The van der Waals surface area contributed by atoms with Gasteiger partial charge in [-0.15, -0.1) is 0 Å². The van der Waals surface area contributed by atoms with Crippen molar-refractivity contribution in [3.63, 3.8) is 0 Å². The Labute approximate surface area is 89.9 Å². The lowest BCUT2D eigenvalue weighted by atomic mass is 10.3. The predicted molar refractivity (Wildman–Crippen MR) is 58.5 cm³/mol. The van der Waals surface area contributed by atoms with Crippen LogP contribution in [0.5, 0.6) is 0 Å². The molecule has 0 aromatic carbocycles. The van der Waals surface area contributed by atoms with Gasteiger partial charge in [0.15, 0.2) is 0 Å². The fraction of sp³-hybridized carbons (Fsp3) is 0.600. The molecular weight excluding hydrogens is 192 g/mol. The maximum Gasteiger partial charge on any atom is 0.274 e. The third kappa shape index (κ3) is 3.06. The predicted octanol–water partition coefficient (Wildman–Crippen LogP) is 0.231. The number of nitrogens with zero attached hydrogens (tertiary/aromatic N) is 3. The minimum atomic E-state index is -0.0217. The van der Waals surface area contributed by atoms with Gasteiger partial charge in [0.05, 0.1) is 6.33 Å². The van der Waals surface area contributed by atoms with Gasteiger partial charge in [-0.3, -0.25) is 4.79 Å². The van der Waals surface area contributed by atoms with E-state index in [4.69, 9.17) is 5.73 Å². The van der Waals surface area contributed by atoms with Crippen LogP contribution >= 0.6 is 0 Å². The van der Waals surface area contributed by atoms with Gasteiger partial charge in [-0.25, -0.2) is 4.98 Å². The number of aryl methyl sites for hydroxylation is 1. The maximum atomic E-state index is 11.9. The molecule has 0 unspecified atom stereocenters. The zero-order valence-corrected chi connectivity index (χ0v) is 9.31. The Balaban J connectivity index is 2.64. The molecule has 5 nitrogen and oxygen atoms in total. The van der Waals surface area contributed by atoms with Crippen LogP contribution in [0, 0.1) is 0 Å². The first-order valence-corrected chi connectivity index (χ1v) is 5.16. The maximum absolute atomic E-state index is 11.9. The van der Waals surface area contributed by atoms with Crippen molar-refractivity contribution in [2.75, 3.05) is 19.6 Å². The summed E-state index contributed by atoms with van der Waals surface area (Å²) in [6.07, 6.45) is 4.18. The van der Waals surface area contributed by atoms with Crippen molar-refractivity contribution in [1.82, 2.24) is 14.5 Å². The van der Waals surface area contributed by atoms with Crippen molar-refractivity contribution in [1.29, 1.82) is 0 Å². The van der Waals surface area contributed by atoms with Gasteiger partial charge in [-0.05, 0) is 19.9 Å². The van der Waals surface area contributed by atoms with Crippen LogP contribution in [0.1, 0.15) is 23.8 Å². The second-order valence-electron chi connectivity index (χ2n) is 3.45. The second-order valence-corrected chi connectivity index (χ2v) is 3.45. The van der Waals surface area contributed by atoms with E-state index in [0.717, 1.165) is 6.42 Å². The quantitative estimate of drug-likeness (QED) is 0.756. The lowest BCUT2D eigenvalue weighted by molar-refractivity contribution is 0.0758. The normalized spacial score (nSPS) is 10.3. The van der Waals surface area contributed by atoms with Crippen molar-refractivity contribution in [3.8, 4) is 0 Å². The van der Waals surface area contributed by atoms with E-state index < -0.39 is 0 Å². The molecule has 0 saturated heterocycles. The molecule has 1 amide bonds. The molecule has 0 radical (unpaired) electrons. The first-order valence-electron chi connectivity index (χ1n) is 5.16. The van der Waals surface area contributed by atoms with Crippen molar-refractivity contribution >= 4 is 5.91 Å². The highest BCUT2D eigenvalue weighted by Gasteiger charge is 2.15. The minimum Gasteiger partial charge on any atom is -0.340 e. The highest BCUT2D eigenvalue weighted by atomic mass is 16.2. The molecule has 1 aromatic heterocycles. The minimum absolute atomic E-state index is 0.0217. The van der Waals surface area contributed by atoms with Gasteiger partial charge in [0.25, 0.3) is 5.91 Å². The molecular formula is C10H18N4O. The Kier molecular flexibility index (Phi) is 4.30. The number of carbonyl (C=O) groups is 1. The van der Waals surface area contributed by atoms with Gasteiger partial charge < -0.3 is 15.2 Å². The Morgan fingerprint density at radius 3 is 2.87 bits per heavy atom. The molecule has 0 saturated carbocycles. The summed E-state index contributed by atoms with van der Waals surface area (Å²) in [5, 5.41) is 0. The Morgan fingerprint density at radius 1 is 1.67 bits per heavy atom. The summed E-state index contributed by atoms with van der Waals surface area (Å²) in [5.74, 6) is -0.0217. The molecule has 0 aliphatic carbocycles. The van der Waals surface area contributed by atoms with Crippen LogP contribution in [0.4, 0.5) is 0 Å². The van der Waals surface area contributed by atoms with Crippen molar-refractivity contribution < 1.29 is 4.79 Å². The molecule has 0 fully saturated rings. The Hall–Kier alpha value is -1.36. The molecule has 0 atom stereocenters. The monoisotopic (exact) mass is 210 g/mol. The topological polar surface area (TPSA) is 64.2 Å². The van der Waals surface area contributed by atoms with Gasteiger partial charge in [-0.1, -0.05) is 0 Å². The van der Waals surface area contributed by atoms with Crippen LogP contribution in [0.3, 0.4) is 0 Å². The SMILES string of the molecule is CCN(CCCN)C(=O)c1cn(C)cn1. The molecule has 0 aliphatic heterocycles. The van der Waals surface area contributed by atoms with Crippen LogP contribution in [0.15, 0.2) is 12.5 Å². The number of carbonyl (C=O) groups excluding carboxylic acids is 1. The lowest BCUT2D eigenvalue weighted by Gasteiger charge is -2.19. The van der Waals surface area contributed by atoms with Crippen molar-refractivity contribution in [2.45, 2.75) is 13.3 Å². The number of aromatic nitrogens is 2. The summed E-state index contributed by atoms with van der Waals surface area (Å²) >= 11 is 0. The van der Waals surface area contributed by atoms with E-state index in [9.17, 15) is 4.79 Å². The zero-order valence-electron chi connectivity index (χ0n) is 9.31. The third-order valence-corrected chi connectivity index (χ3v) is 2.23. The number of hydrogen-bond acceptors (Lipinski definition) is 3. The third-order valence-electron chi connectivity index (χ3n) is 2.23. The molecule has 15 heavy (non-hydrogen) atoms. The van der Waals surface area contributed by atoms with Gasteiger partial charge in [-0.2, -0.15) is 0 Å². The van der Waals surface area contributed by atoms with E-state index in [1.807, 2.05) is 14.0 Å². The van der Waals surface area contributed by atoms with Gasteiger partial charge in [0.2, 0.25) is 0 Å². The second kappa shape index (κ2) is 5.50. The van der Waals surface area contributed by atoms with E-state index in [-0.39, 0.29) is 5.91 Å². The fourth-order valence-corrected chi connectivity index (χ4v) is 1.37. The average molecular weight is 210 g/mol. The van der Waals surface area contributed by atoms with E-state index in [2.05, 4.69) is 4.98 Å². The van der Waals surface area contributed by atoms with E-state index in [1.54, 1.807) is 22.0 Å². The smallest absolute Gasteiger partial charge is 0.274 e. The highest BCUT2D eigenvalue weighted by molar-refractivity contribution is 5.92. The number of amides is 1. The molecule has 0 aliphatic rings. The lowest BCUT2D eigenvalue weighted by Crippen LogP contribution is -2.33. The zero-order chi connectivity index (χ0) is 11.3. The summed E-state index contributed by atoms with van der Waals surface area (Å²) in [6, 6.07) is 0. The van der Waals surface area contributed by atoms with E-state index >= 15 is 0 Å². The first-order chi connectivity index (χ1) is 7.19. The van der Waals surface area contributed by atoms with Crippen LogP contribution in [-0.4, -0.2) is 40.0 Å². The van der Waals surface area contributed by atoms with Crippen LogP contribution < -0.4 is 5.73 Å². The average Bonchev–Trinajstić information content (AvgIpc) is 2.65. The number of rotatable bonds is 5. The summed E-state index contributed by atoms with van der Waals surface area (Å²) in [5.41, 5.74) is 5.91.